The molecule has 12 heteroatoms. The molecule has 35 heavy (non-hydrogen) atoms. The molecule has 9 nitrogen and oxygen atoms in total. The molecule has 1 amide bonds. The standard InChI is InChI=1S/C23H24FN3O6S2/c1-3-33-20(28)14-26-21-17(24)6-4-8-19(21)34-23(26)25-22(29)18-7-5-13-27(18)35(30,31)16-11-9-15(32-2)10-12-16/h4,6,8-12,18H,3,5,7,13-14H2,1-2H3. The summed E-state index contributed by atoms with van der Waals surface area (Å²) in [5, 5.41) is 0. The number of esters is 1. The molecule has 1 aliphatic rings. The third-order valence-corrected chi connectivity index (χ3v) is 8.57. The Kier molecular flexibility index (Phi) is 7.33. The highest BCUT2D eigenvalue weighted by molar-refractivity contribution is 7.89. The fourth-order valence-electron chi connectivity index (χ4n) is 3.98. The maximum atomic E-state index is 14.6. The van der Waals surface area contributed by atoms with Crippen LogP contribution in [-0.2, 0) is 30.9 Å². The van der Waals surface area contributed by atoms with Gasteiger partial charge in [0, 0.05) is 6.54 Å². The van der Waals surface area contributed by atoms with Crippen molar-refractivity contribution in [2.24, 2.45) is 4.99 Å². The van der Waals surface area contributed by atoms with Crippen LogP contribution in [0.2, 0.25) is 0 Å². The van der Waals surface area contributed by atoms with Crippen LogP contribution in [0.5, 0.6) is 5.75 Å². The minimum absolute atomic E-state index is 0.0410. The van der Waals surface area contributed by atoms with E-state index in [9.17, 15) is 22.4 Å². The van der Waals surface area contributed by atoms with Crippen LogP contribution in [0.25, 0.3) is 10.2 Å². The Bertz CT molecular complexity index is 1430. The van der Waals surface area contributed by atoms with Gasteiger partial charge < -0.3 is 14.0 Å². The van der Waals surface area contributed by atoms with E-state index in [1.54, 1.807) is 13.0 Å². The first-order valence-corrected chi connectivity index (χ1v) is 13.2. The Morgan fingerprint density at radius 2 is 1.94 bits per heavy atom. The molecular formula is C23H24FN3O6S2. The number of aromatic nitrogens is 1. The van der Waals surface area contributed by atoms with Crippen molar-refractivity contribution in [2.45, 2.75) is 37.2 Å². The number of para-hydroxylation sites is 1. The summed E-state index contributed by atoms with van der Waals surface area (Å²) in [6.07, 6.45) is 0.792. The van der Waals surface area contributed by atoms with Crippen LogP contribution < -0.4 is 9.54 Å². The van der Waals surface area contributed by atoms with Gasteiger partial charge in [0.1, 0.15) is 24.2 Å². The summed E-state index contributed by atoms with van der Waals surface area (Å²) in [7, 11) is -2.48. The molecule has 1 unspecified atom stereocenters. The van der Waals surface area contributed by atoms with E-state index in [1.165, 1.54) is 48.1 Å². The van der Waals surface area contributed by atoms with Gasteiger partial charge in [0.05, 0.1) is 28.8 Å². The van der Waals surface area contributed by atoms with Gasteiger partial charge in [0.15, 0.2) is 4.80 Å². The fraction of sp³-hybridized carbons (Fsp3) is 0.348. The third kappa shape index (κ3) is 5.00. The SMILES string of the molecule is CCOC(=O)Cn1c(=NC(=O)C2CCCN2S(=O)(=O)c2ccc(OC)cc2)sc2cccc(F)c21. The summed E-state index contributed by atoms with van der Waals surface area (Å²) in [4.78, 5) is 29.7. The third-order valence-electron chi connectivity index (χ3n) is 5.60. The Morgan fingerprint density at radius 1 is 1.20 bits per heavy atom. The van der Waals surface area contributed by atoms with Crippen molar-refractivity contribution in [3.8, 4) is 5.75 Å². The zero-order valence-corrected chi connectivity index (χ0v) is 20.8. The topological polar surface area (TPSA) is 107 Å². The van der Waals surface area contributed by atoms with Gasteiger partial charge in [-0.15, -0.1) is 0 Å². The number of hydrogen-bond donors (Lipinski definition) is 0. The molecule has 1 saturated heterocycles. The van der Waals surface area contributed by atoms with Gasteiger partial charge in [0.25, 0.3) is 5.91 Å². The van der Waals surface area contributed by atoms with E-state index in [0.717, 1.165) is 15.6 Å². The van der Waals surface area contributed by atoms with Gasteiger partial charge in [-0.3, -0.25) is 9.59 Å². The molecule has 0 spiro atoms. The zero-order valence-electron chi connectivity index (χ0n) is 19.1. The summed E-state index contributed by atoms with van der Waals surface area (Å²) < 4.78 is 54.1. The van der Waals surface area contributed by atoms with Gasteiger partial charge in [-0.25, -0.2) is 12.8 Å². The summed E-state index contributed by atoms with van der Waals surface area (Å²) in [6.45, 7) is 1.64. The normalized spacial score (nSPS) is 17.1. The van der Waals surface area contributed by atoms with E-state index >= 15 is 0 Å². The average Bonchev–Trinajstić information content (AvgIpc) is 3.46. The molecule has 2 heterocycles. The predicted octanol–water partition coefficient (Wildman–Crippen LogP) is 2.69. The lowest BCUT2D eigenvalue weighted by Crippen LogP contribution is -2.40. The van der Waals surface area contributed by atoms with Crippen molar-refractivity contribution >= 4 is 43.5 Å². The Hall–Kier alpha value is -3.09. The van der Waals surface area contributed by atoms with E-state index in [-0.39, 0.29) is 34.9 Å². The van der Waals surface area contributed by atoms with Crippen LogP contribution in [0.4, 0.5) is 4.39 Å². The molecule has 0 saturated carbocycles. The molecule has 3 aromatic rings. The fourth-order valence-corrected chi connectivity index (χ4v) is 6.68. The summed E-state index contributed by atoms with van der Waals surface area (Å²) in [5.41, 5.74) is 0.131. The molecule has 1 aliphatic heterocycles. The van der Waals surface area contributed by atoms with Crippen LogP contribution in [-0.4, -0.2) is 55.5 Å². The summed E-state index contributed by atoms with van der Waals surface area (Å²) >= 11 is 1.04. The van der Waals surface area contributed by atoms with Crippen molar-refractivity contribution in [3.05, 3.63) is 53.1 Å². The average molecular weight is 522 g/mol. The second-order valence-corrected chi connectivity index (χ2v) is 10.7. The van der Waals surface area contributed by atoms with Crippen LogP contribution in [0.3, 0.4) is 0 Å². The number of carbonyl (C=O) groups excluding carboxylic acids is 2. The zero-order chi connectivity index (χ0) is 25.2. The van der Waals surface area contributed by atoms with Gasteiger partial charge in [0.2, 0.25) is 10.0 Å². The Labute approximate surface area is 205 Å². The number of amides is 1. The van der Waals surface area contributed by atoms with E-state index in [2.05, 4.69) is 4.99 Å². The lowest BCUT2D eigenvalue weighted by Gasteiger charge is -2.21. The molecule has 0 radical (unpaired) electrons. The summed E-state index contributed by atoms with van der Waals surface area (Å²) in [5.74, 6) is -1.34. The molecular weight excluding hydrogens is 497 g/mol. The quantitative estimate of drug-likeness (QED) is 0.443. The number of methoxy groups -OCH3 is 1. The number of halogens is 1. The van der Waals surface area contributed by atoms with E-state index in [0.29, 0.717) is 23.3 Å². The summed E-state index contributed by atoms with van der Waals surface area (Å²) in [6, 6.07) is 9.35. The predicted molar refractivity (Wildman–Crippen MR) is 127 cm³/mol. The van der Waals surface area contributed by atoms with Gasteiger partial charge >= 0.3 is 5.97 Å². The second-order valence-electron chi connectivity index (χ2n) is 7.76. The minimum atomic E-state index is -3.96. The number of rotatable bonds is 7. The van der Waals surface area contributed by atoms with E-state index < -0.39 is 33.8 Å². The lowest BCUT2D eigenvalue weighted by molar-refractivity contribution is -0.143. The minimum Gasteiger partial charge on any atom is -0.497 e. The van der Waals surface area contributed by atoms with Crippen molar-refractivity contribution < 1.29 is 31.9 Å². The van der Waals surface area contributed by atoms with Crippen molar-refractivity contribution in [3.63, 3.8) is 0 Å². The maximum Gasteiger partial charge on any atom is 0.326 e. The van der Waals surface area contributed by atoms with Crippen molar-refractivity contribution in [1.29, 1.82) is 0 Å². The molecule has 0 aliphatic carbocycles. The van der Waals surface area contributed by atoms with Gasteiger partial charge in [-0.05, 0) is 56.2 Å². The maximum absolute atomic E-state index is 14.6. The highest BCUT2D eigenvalue weighted by Crippen LogP contribution is 2.28. The molecule has 4 rings (SSSR count). The highest BCUT2D eigenvalue weighted by atomic mass is 32.2. The Balaban J connectivity index is 1.71. The molecule has 0 bridgehead atoms. The number of carbonyl (C=O) groups is 2. The largest absolute Gasteiger partial charge is 0.497 e. The van der Waals surface area contributed by atoms with Crippen molar-refractivity contribution in [2.75, 3.05) is 20.3 Å². The van der Waals surface area contributed by atoms with E-state index in [4.69, 9.17) is 9.47 Å². The number of benzene rings is 2. The number of ether oxygens (including phenoxy) is 2. The highest BCUT2D eigenvalue weighted by Gasteiger charge is 2.39. The van der Waals surface area contributed by atoms with Gasteiger partial charge in [-0.1, -0.05) is 17.4 Å². The first kappa shape index (κ1) is 25.0. The number of fused-ring (bicyclic) bond motifs is 1. The molecule has 1 aromatic heterocycles. The molecule has 2 aromatic carbocycles. The molecule has 0 N–H and O–H groups in total. The lowest BCUT2D eigenvalue weighted by atomic mass is 10.2. The smallest absolute Gasteiger partial charge is 0.326 e. The first-order chi connectivity index (χ1) is 16.8. The molecule has 1 fully saturated rings. The molecule has 186 valence electrons. The van der Waals surface area contributed by atoms with Crippen LogP contribution in [0.1, 0.15) is 19.8 Å². The number of hydrogen-bond acceptors (Lipinski definition) is 7. The second kappa shape index (κ2) is 10.3. The number of thiazole rings is 1. The monoisotopic (exact) mass is 521 g/mol. The molecule has 1 atom stereocenters. The van der Waals surface area contributed by atoms with E-state index in [1.807, 2.05) is 0 Å². The number of sulfonamides is 1. The van der Waals surface area contributed by atoms with Crippen LogP contribution >= 0.6 is 11.3 Å². The van der Waals surface area contributed by atoms with Crippen molar-refractivity contribution in [1.82, 2.24) is 8.87 Å². The number of nitrogens with zero attached hydrogens (tertiary/aromatic N) is 3. The van der Waals surface area contributed by atoms with Crippen LogP contribution in [0.15, 0.2) is 52.4 Å². The van der Waals surface area contributed by atoms with Gasteiger partial charge in [-0.2, -0.15) is 9.30 Å². The Morgan fingerprint density at radius 3 is 2.63 bits per heavy atom. The first-order valence-electron chi connectivity index (χ1n) is 10.9. The van der Waals surface area contributed by atoms with Crippen LogP contribution in [0, 0.1) is 5.82 Å².